The third kappa shape index (κ3) is 4.32. The highest BCUT2D eigenvalue weighted by Gasteiger charge is 2.19. The van der Waals surface area contributed by atoms with E-state index in [0.717, 1.165) is 11.2 Å². The zero-order chi connectivity index (χ0) is 35.3. The molecule has 54 heavy (non-hydrogen) atoms. The van der Waals surface area contributed by atoms with Gasteiger partial charge in [0.25, 0.3) is 0 Å². The van der Waals surface area contributed by atoms with Crippen molar-refractivity contribution >= 4 is 96.5 Å². The lowest BCUT2D eigenvalue weighted by Crippen LogP contribution is -1.92. The van der Waals surface area contributed by atoms with Gasteiger partial charge in [-0.1, -0.05) is 146 Å². The average Bonchev–Trinajstić information content (AvgIpc) is 3.78. The summed E-state index contributed by atoms with van der Waals surface area (Å²) in [7, 11) is 0. The van der Waals surface area contributed by atoms with Crippen molar-refractivity contribution in [3.8, 4) is 33.4 Å². The van der Waals surface area contributed by atoms with E-state index in [1.807, 2.05) is 11.3 Å². The molecule has 0 spiro atoms. The molecule has 0 amide bonds. The number of furan rings is 1. The van der Waals surface area contributed by atoms with Crippen molar-refractivity contribution in [1.29, 1.82) is 0 Å². The Balaban J connectivity index is 1.06. The van der Waals surface area contributed by atoms with Gasteiger partial charge in [0.1, 0.15) is 11.2 Å². The maximum atomic E-state index is 6.43. The van der Waals surface area contributed by atoms with Gasteiger partial charge in [-0.2, -0.15) is 0 Å². The van der Waals surface area contributed by atoms with Gasteiger partial charge in [0, 0.05) is 30.9 Å². The van der Waals surface area contributed by atoms with E-state index in [1.165, 1.54) is 107 Å². The van der Waals surface area contributed by atoms with Gasteiger partial charge in [-0.25, -0.2) is 0 Å². The summed E-state index contributed by atoms with van der Waals surface area (Å²) in [6.45, 7) is 0. The average molecular weight is 703 g/mol. The van der Waals surface area contributed by atoms with Crippen LogP contribution in [0.25, 0.3) is 119 Å². The Morgan fingerprint density at radius 1 is 0.315 bits per heavy atom. The first kappa shape index (κ1) is 29.8. The molecule has 0 saturated carbocycles. The van der Waals surface area contributed by atoms with Gasteiger partial charge >= 0.3 is 0 Å². The summed E-state index contributed by atoms with van der Waals surface area (Å²) < 4.78 is 8.96. The fourth-order valence-electron chi connectivity index (χ4n) is 9.02. The number of hydrogen-bond acceptors (Lipinski definition) is 2. The van der Waals surface area contributed by atoms with Crippen LogP contribution < -0.4 is 0 Å². The molecule has 2 heterocycles. The summed E-state index contributed by atoms with van der Waals surface area (Å²) in [4.78, 5) is 0. The molecular formula is C52H30OS. The van der Waals surface area contributed by atoms with Crippen molar-refractivity contribution in [3.63, 3.8) is 0 Å². The molecule has 12 rings (SSSR count). The maximum Gasteiger partial charge on any atom is 0.136 e. The minimum atomic E-state index is 0.938. The topological polar surface area (TPSA) is 13.1 Å². The van der Waals surface area contributed by atoms with Gasteiger partial charge in [0.15, 0.2) is 0 Å². The van der Waals surface area contributed by atoms with E-state index in [0.29, 0.717) is 0 Å². The number of rotatable bonds is 3. The van der Waals surface area contributed by atoms with Crippen LogP contribution in [0.2, 0.25) is 0 Å². The monoisotopic (exact) mass is 702 g/mol. The smallest absolute Gasteiger partial charge is 0.136 e. The number of benzene rings is 10. The lowest BCUT2D eigenvalue weighted by atomic mass is 9.84. The van der Waals surface area contributed by atoms with Crippen molar-refractivity contribution in [1.82, 2.24) is 0 Å². The molecule has 0 radical (unpaired) electrons. The van der Waals surface area contributed by atoms with Gasteiger partial charge in [-0.15, -0.1) is 11.3 Å². The fraction of sp³-hybridized carbons (Fsp3) is 0. The largest absolute Gasteiger partial charge is 0.456 e. The Bertz CT molecular complexity index is 3450. The highest BCUT2D eigenvalue weighted by atomic mass is 32.1. The van der Waals surface area contributed by atoms with Crippen LogP contribution in [0.1, 0.15) is 0 Å². The molecule has 2 aromatic heterocycles. The van der Waals surface area contributed by atoms with Crippen molar-refractivity contribution in [2.45, 2.75) is 0 Å². The van der Waals surface area contributed by atoms with Crippen LogP contribution in [0.3, 0.4) is 0 Å². The Morgan fingerprint density at radius 3 is 1.69 bits per heavy atom. The number of fused-ring (bicyclic) bond motifs is 11. The molecule has 250 valence electrons. The Hall–Kier alpha value is -6.74. The van der Waals surface area contributed by atoms with Crippen LogP contribution in [-0.2, 0) is 0 Å². The Labute approximate surface area is 314 Å². The third-order valence-electron chi connectivity index (χ3n) is 11.4. The summed E-state index contributed by atoms with van der Waals surface area (Å²) in [5.74, 6) is 0. The second kappa shape index (κ2) is 11.4. The van der Waals surface area contributed by atoms with Crippen LogP contribution in [0.15, 0.2) is 186 Å². The molecule has 0 aliphatic rings. The predicted octanol–water partition coefficient (Wildman–Crippen LogP) is 15.6. The zero-order valence-corrected chi connectivity index (χ0v) is 30.0. The molecule has 12 aromatic rings. The molecule has 0 aliphatic carbocycles. The Kier molecular flexibility index (Phi) is 6.28. The van der Waals surface area contributed by atoms with Crippen LogP contribution in [0, 0.1) is 0 Å². The molecule has 0 unspecified atom stereocenters. The summed E-state index contributed by atoms with van der Waals surface area (Å²) in [5, 5.41) is 15.0. The maximum absolute atomic E-state index is 6.43. The molecule has 0 N–H and O–H groups in total. The van der Waals surface area contributed by atoms with Crippen molar-refractivity contribution < 1.29 is 4.42 Å². The SMILES string of the molecule is c1cc(-c2ccc3sc4cc5oc6ccc7ccccc7c6c5cc4c3c2)cc(-c2c3ccccc3c(-c3cccc4ccccc34)c3ccccc23)c1. The first-order chi connectivity index (χ1) is 26.8. The van der Waals surface area contributed by atoms with Gasteiger partial charge in [0.2, 0.25) is 0 Å². The fourth-order valence-corrected chi connectivity index (χ4v) is 10.1. The second-order valence-corrected chi connectivity index (χ2v) is 15.5. The van der Waals surface area contributed by atoms with Gasteiger partial charge < -0.3 is 4.42 Å². The summed E-state index contributed by atoms with van der Waals surface area (Å²) in [6, 6.07) is 66.9. The minimum absolute atomic E-state index is 0.938. The number of thiophene rings is 1. The molecule has 2 heteroatoms. The molecule has 1 nitrogen and oxygen atoms in total. The highest BCUT2D eigenvalue weighted by molar-refractivity contribution is 7.25. The van der Waals surface area contributed by atoms with E-state index in [2.05, 4.69) is 182 Å². The van der Waals surface area contributed by atoms with Crippen molar-refractivity contribution in [2.24, 2.45) is 0 Å². The van der Waals surface area contributed by atoms with E-state index < -0.39 is 0 Å². The predicted molar refractivity (Wildman–Crippen MR) is 233 cm³/mol. The molecule has 0 atom stereocenters. The van der Waals surface area contributed by atoms with E-state index >= 15 is 0 Å². The molecule has 0 saturated heterocycles. The molecule has 10 aromatic carbocycles. The van der Waals surface area contributed by atoms with Crippen LogP contribution in [-0.4, -0.2) is 0 Å². The molecular weight excluding hydrogens is 673 g/mol. The van der Waals surface area contributed by atoms with Crippen molar-refractivity contribution in [3.05, 3.63) is 182 Å². The van der Waals surface area contributed by atoms with Crippen LogP contribution >= 0.6 is 11.3 Å². The van der Waals surface area contributed by atoms with Gasteiger partial charge in [-0.3, -0.25) is 0 Å². The molecule has 0 bridgehead atoms. The van der Waals surface area contributed by atoms with Crippen LogP contribution in [0.5, 0.6) is 0 Å². The molecule has 0 fully saturated rings. The quantitative estimate of drug-likeness (QED) is 0.167. The number of hydrogen-bond donors (Lipinski definition) is 0. The van der Waals surface area contributed by atoms with E-state index in [4.69, 9.17) is 4.42 Å². The summed E-state index contributed by atoms with van der Waals surface area (Å²) >= 11 is 1.84. The Morgan fingerprint density at radius 2 is 0.907 bits per heavy atom. The minimum Gasteiger partial charge on any atom is -0.456 e. The lowest BCUT2D eigenvalue weighted by Gasteiger charge is -2.19. The van der Waals surface area contributed by atoms with Crippen LogP contribution in [0.4, 0.5) is 0 Å². The normalized spacial score (nSPS) is 12.1. The third-order valence-corrected chi connectivity index (χ3v) is 12.6. The van der Waals surface area contributed by atoms with E-state index in [9.17, 15) is 0 Å². The summed E-state index contributed by atoms with van der Waals surface area (Å²) in [6.07, 6.45) is 0. The second-order valence-electron chi connectivity index (χ2n) is 14.4. The van der Waals surface area contributed by atoms with E-state index in [-0.39, 0.29) is 0 Å². The highest BCUT2D eigenvalue weighted by Crippen LogP contribution is 2.47. The molecule has 0 aliphatic heterocycles. The standard InChI is InChI=1S/C52H30OS/c1-3-16-36-31(11-1)13-10-22-38(36)51-41-20-7-5-18-39(41)50(40-19-6-8-21-42(40)51)35-15-9-14-33(27-35)34-24-26-48-43(28-34)44-29-45-47(30-49(44)54-48)53-46-25-23-32-12-2-4-17-37(32)52(45)46/h1-30H. The summed E-state index contributed by atoms with van der Waals surface area (Å²) in [5.41, 5.74) is 9.36. The first-order valence-corrected chi connectivity index (χ1v) is 19.3. The first-order valence-electron chi connectivity index (χ1n) is 18.5. The van der Waals surface area contributed by atoms with Crippen molar-refractivity contribution in [2.75, 3.05) is 0 Å². The lowest BCUT2D eigenvalue weighted by molar-refractivity contribution is 0.670. The van der Waals surface area contributed by atoms with E-state index in [1.54, 1.807) is 0 Å². The van der Waals surface area contributed by atoms with Gasteiger partial charge in [-0.05, 0) is 113 Å². The zero-order valence-electron chi connectivity index (χ0n) is 29.1. The van der Waals surface area contributed by atoms with Gasteiger partial charge in [0.05, 0.1) is 0 Å².